The number of nitrogens with zero attached hydrogens (tertiary/aromatic N) is 1. The van der Waals surface area contributed by atoms with E-state index in [1.165, 1.54) is 113 Å². The standard InChI is InChI=1S/C46H25NS/c1-3-13-39-33(8-1)37-24-29(32-10-6-12-36-34-9-2-4-14-41(34)48-46(32)36)21-22-40(37)47(39)31-23-30-20-19-28-18-17-27-16-15-26-7-5-11-35-38(25-31)43(30)45(28)44(27)42(26)35/h1-25H. The van der Waals surface area contributed by atoms with Crippen LogP contribution in [-0.4, -0.2) is 4.57 Å². The third kappa shape index (κ3) is 3.11. The number of para-hydroxylation sites is 1. The molecule has 2 aromatic heterocycles. The van der Waals surface area contributed by atoms with Gasteiger partial charge in [-0.25, -0.2) is 0 Å². The molecule has 2 heteroatoms. The molecule has 0 aliphatic rings. The molecular formula is C46H25NS. The quantitative estimate of drug-likeness (QED) is 0.133. The topological polar surface area (TPSA) is 4.93 Å². The lowest BCUT2D eigenvalue weighted by Crippen LogP contribution is -1.96. The first-order chi connectivity index (χ1) is 23.8. The molecule has 0 fully saturated rings. The maximum Gasteiger partial charge on any atom is 0.0541 e. The zero-order valence-electron chi connectivity index (χ0n) is 25.8. The van der Waals surface area contributed by atoms with Crippen molar-refractivity contribution in [2.75, 3.05) is 0 Å². The summed E-state index contributed by atoms with van der Waals surface area (Å²) in [6, 6.07) is 56.9. The van der Waals surface area contributed by atoms with Crippen molar-refractivity contribution in [3.63, 3.8) is 0 Å². The van der Waals surface area contributed by atoms with Gasteiger partial charge in [0.2, 0.25) is 0 Å². The number of rotatable bonds is 2. The first kappa shape index (κ1) is 25.2. The highest BCUT2D eigenvalue weighted by molar-refractivity contribution is 7.26. The largest absolute Gasteiger partial charge is 0.309 e. The van der Waals surface area contributed by atoms with Crippen molar-refractivity contribution in [1.82, 2.24) is 4.57 Å². The minimum absolute atomic E-state index is 1.20. The van der Waals surface area contributed by atoms with Gasteiger partial charge in [0.05, 0.1) is 11.0 Å². The Kier molecular flexibility index (Phi) is 4.66. The average molecular weight is 624 g/mol. The van der Waals surface area contributed by atoms with Gasteiger partial charge in [-0.3, -0.25) is 0 Å². The van der Waals surface area contributed by atoms with E-state index in [4.69, 9.17) is 0 Å². The fourth-order valence-corrected chi connectivity index (χ4v) is 10.1. The number of fused-ring (bicyclic) bond motifs is 7. The Morgan fingerprint density at radius 3 is 1.88 bits per heavy atom. The van der Waals surface area contributed by atoms with Crippen molar-refractivity contribution in [3.8, 4) is 16.8 Å². The molecule has 0 radical (unpaired) electrons. The summed E-state index contributed by atoms with van der Waals surface area (Å²) in [7, 11) is 0. The van der Waals surface area contributed by atoms with Gasteiger partial charge in [0, 0.05) is 36.6 Å². The lowest BCUT2D eigenvalue weighted by Gasteiger charge is -2.19. The molecule has 220 valence electrons. The van der Waals surface area contributed by atoms with Gasteiger partial charge in [-0.1, -0.05) is 115 Å². The predicted octanol–water partition coefficient (Wildman–Crippen LogP) is 13.5. The zero-order chi connectivity index (χ0) is 31.1. The van der Waals surface area contributed by atoms with Crippen LogP contribution in [0.1, 0.15) is 0 Å². The van der Waals surface area contributed by atoms with Gasteiger partial charge in [-0.15, -0.1) is 11.3 Å². The molecule has 0 spiro atoms. The molecule has 0 saturated heterocycles. The number of benzene rings is 10. The highest BCUT2D eigenvalue weighted by atomic mass is 32.1. The summed E-state index contributed by atoms with van der Waals surface area (Å²) in [5, 5.41) is 18.6. The zero-order valence-corrected chi connectivity index (χ0v) is 26.6. The Bertz CT molecular complexity index is 3280. The second kappa shape index (κ2) is 8.89. The monoisotopic (exact) mass is 623 g/mol. The number of thiophene rings is 1. The average Bonchev–Trinajstić information content (AvgIpc) is 3.69. The maximum atomic E-state index is 2.48. The van der Waals surface area contributed by atoms with Gasteiger partial charge in [0.15, 0.2) is 0 Å². The second-order valence-corrected chi connectivity index (χ2v) is 14.3. The minimum Gasteiger partial charge on any atom is -0.309 e. The van der Waals surface area contributed by atoms with E-state index in [9.17, 15) is 0 Å². The van der Waals surface area contributed by atoms with Gasteiger partial charge < -0.3 is 4.57 Å². The van der Waals surface area contributed by atoms with Crippen LogP contribution in [0.4, 0.5) is 0 Å². The van der Waals surface area contributed by atoms with Crippen molar-refractivity contribution in [3.05, 3.63) is 152 Å². The van der Waals surface area contributed by atoms with Gasteiger partial charge in [0.25, 0.3) is 0 Å². The van der Waals surface area contributed by atoms with Gasteiger partial charge >= 0.3 is 0 Å². The Balaban J connectivity index is 1.17. The summed E-state index contributed by atoms with van der Waals surface area (Å²) in [4.78, 5) is 0. The summed E-state index contributed by atoms with van der Waals surface area (Å²) in [6.07, 6.45) is 0. The van der Waals surface area contributed by atoms with Crippen LogP contribution in [-0.2, 0) is 0 Å². The van der Waals surface area contributed by atoms with Crippen molar-refractivity contribution in [1.29, 1.82) is 0 Å². The summed E-state index contributed by atoms with van der Waals surface area (Å²) in [6.45, 7) is 0. The van der Waals surface area contributed by atoms with Gasteiger partial charge in [-0.05, 0) is 101 Å². The summed E-state index contributed by atoms with van der Waals surface area (Å²) >= 11 is 1.90. The molecule has 12 aromatic rings. The molecule has 0 amide bonds. The molecular weight excluding hydrogens is 599 g/mol. The molecule has 0 saturated carbocycles. The van der Waals surface area contributed by atoms with Crippen LogP contribution in [0.25, 0.3) is 113 Å². The maximum absolute atomic E-state index is 2.48. The second-order valence-electron chi connectivity index (χ2n) is 13.3. The van der Waals surface area contributed by atoms with Crippen LogP contribution >= 0.6 is 11.3 Å². The van der Waals surface area contributed by atoms with E-state index in [-0.39, 0.29) is 0 Å². The third-order valence-corrected chi connectivity index (χ3v) is 12.1. The minimum atomic E-state index is 1.20. The SMILES string of the molecule is c1ccc2c(c1)sc1c(-c3ccc4c(c3)c3ccccc3n4-c3cc4ccc5ccc6ccc7cccc8c(c3)c4c5c6c78)cccc12. The lowest BCUT2D eigenvalue weighted by molar-refractivity contribution is 1.19. The van der Waals surface area contributed by atoms with E-state index in [0.29, 0.717) is 0 Å². The Labute approximate surface area is 279 Å². The van der Waals surface area contributed by atoms with Gasteiger partial charge in [-0.2, -0.15) is 0 Å². The predicted molar refractivity (Wildman–Crippen MR) is 209 cm³/mol. The highest BCUT2D eigenvalue weighted by Gasteiger charge is 2.20. The van der Waals surface area contributed by atoms with E-state index >= 15 is 0 Å². The molecule has 0 aliphatic carbocycles. The number of hydrogen-bond acceptors (Lipinski definition) is 1. The van der Waals surface area contributed by atoms with Crippen LogP contribution in [0.2, 0.25) is 0 Å². The normalized spacial score (nSPS) is 12.6. The number of aromatic nitrogens is 1. The fourth-order valence-electron chi connectivity index (χ4n) is 8.82. The Morgan fingerprint density at radius 2 is 1.02 bits per heavy atom. The molecule has 10 aromatic carbocycles. The molecule has 12 rings (SSSR count). The van der Waals surface area contributed by atoms with Crippen LogP contribution in [0.5, 0.6) is 0 Å². The van der Waals surface area contributed by atoms with Crippen molar-refractivity contribution < 1.29 is 0 Å². The Morgan fingerprint density at radius 1 is 0.375 bits per heavy atom. The van der Waals surface area contributed by atoms with Crippen LogP contribution in [0, 0.1) is 0 Å². The van der Waals surface area contributed by atoms with Crippen molar-refractivity contribution in [2.24, 2.45) is 0 Å². The molecule has 0 unspecified atom stereocenters. The van der Waals surface area contributed by atoms with Crippen molar-refractivity contribution >= 4 is 107 Å². The summed E-state index contributed by atoms with van der Waals surface area (Å²) in [5.74, 6) is 0. The van der Waals surface area contributed by atoms with E-state index < -0.39 is 0 Å². The lowest BCUT2D eigenvalue weighted by atomic mass is 9.85. The number of hydrogen-bond donors (Lipinski definition) is 0. The van der Waals surface area contributed by atoms with E-state index in [1.54, 1.807) is 0 Å². The van der Waals surface area contributed by atoms with Crippen molar-refractivity contribution in [2.45, 2.75) is 0 Å². The fraction of sp³-hybridized carbons (Fsp3) is 0. The molecule has 2 heterocycles. The van der Waals surface area contributed by atoms with E-state index in [0.717, 1.165) is 0 Å². The summed E-state index contributed by atoms with van der Waals surface area (Å²) in [5.41, 5.74) is 6.22. The highest BCUT2D eigenvalue weighted by Crippen LogP contribution is 2.47. The molecule has 0 atom stereocenters. The third-order valence-electron chi connectivity index (χ3n) is 10.8. The molecule has 0 N–H and O–H groups in total. The Hall–Kier alpha value is -5.96. The first-order valence-corrected chi connectivity index (χ1v) is 17.4. The first-order valence-electron chi connectivity index (χ1n) is 16.6. The van der Waals surface area contributed by atoms with Crippen LogP contribution < -0.4 is 0 Å². The molecule has 1 nitrogen and oxygen atoms in total. The van der Waals surface area contributed by atoms with Crippen LogP contribution in [0.15, 0.2) is 152 Å². The summed E-state index contributed by atoms with van der Waals surface area (Å²) < 4.78 is 5.17. The van der Waals surface area contributed by atoms with Gasteiger partial charge in [0.1, 0.15) is 0 Å². The van der Waals surface area contributed by atoms with E-state index in [1.807, 2.05) is 11.3 Å². The van der Waals surface area contributed by atoms with Crippen LogP contribution in [0.3, 0.4) is 0 Å². The van der Waals surface area contributed by atoms with E-state index in [2.05, 4.69) is 156 Å². The smallest absolute Gasteiger partial charge is 0.0541 e. The molecule has 0 bridgehead atoms. The molecule has 48 heavy (non-hydrogen) atoms. The molecule has 0 aliphatic heterocycles.